The highest BCUT2D eigenvalue weighted by molar-refractivity contribution is 5.98. The van der Waals surface area contributed by atoms with Crippen LogP contribution in [0.15, 0.2) is 0 Å². The van der Waals surface area contributed by atoms with Gasteiger partial charge in [-0.25, -0.2) is 4.79 Å². The number of hydrogen-bond donors (Lipinski definition) is 2. The minimum absolute atomic E-state index is 0.182. The molecule has 2 N–H and O–H groups in total. The summed E-state index contributed by atoms with van der Waals surface area (Å²) < 4.78 is 36.3. The lowest BCUT2D eigenvalue weighted by Gasteiger charge is -2.66. The van der Waals surface area contributed by atoms with Crippen LogP contribution in [0.5, 0.6) is 11.5 Å². The Balaban J connectivity index is 1.57. The predicted molar refractivity (Wildman–Crippen MR) is 121 cm³/mol. The normalized spacial score (nSPS) is 44.5. The standard InChI is InChI=1S/C26H34O9/c1-12-14-11-32-21(29)18(14)20(30-6)13-8-15-23(4)9-17(28)26(31-7)34-22(2,3)25(23,35-26)16(27)10-24(15,5)33-19(12)13/h15-17,27-28H,8-11H2,1-7H3/t15-,16+,17-,23-,24+,25+,26-/m0/s1. The quantitative estimate of drug-likeness (QED) is 0.603. The minimum Gasteiger partial charge on any atom is -0.495 e. The second-order valence-corrected chi connectivity index (χ2v) is 11.7. The van der Waals surface area contributed by atoms with Gasteiger partial charge >= 0.3 is 11.9 Å². The largest absolute Gasteiger partial charge is 0.495 e. The number of hydrogen-bond acceptors (Lipinski definition) is 9. The topological polar surface area (TPSA) is 113 Å². The van der Waals surface area contributed by atoms with E-state index < -0.39 is 46.4 Å². The number of esters is 1. The highest BCUT2D eigenvalue weighted by Gasteiger charge is 2.82. The van der Waals surface area contributed by atoms with Crippen molar-refractivity contribution in [2.75, 3.05) is 14.2 Å². The molecule has 35 heavy (non-hydrogen) atoms. The number of rotatable bonds is 2. The van der Waals surface area contributed by atoms with Crippen LogP contribution in [0.3, 0.4) is 0 Å². The molecule has 1 saturated carbocycles. The van der Waals surface area contributed by atoms with E-state index in [1.165, 1.54) is 7.11 Å². The molecule has 6 rings (SSSR count). The second-order valence-electron chi connectivity index (χ2n) is 11.7. The lowest BCUT2D eigenvalue weighted by Crippen LogP contribution is -2.78. The number of fused-ring (bicyclic) bond motifs is 5. The number of carbonyl (C=O) groups is 1. The zero-order valence-corrected chi connectivity index (χ0v) is 21.3. The van der Waals surface area contributed by atoms with Gasteiger partial charge in [-0.05, 0) is 46.1 Å². The first kappa shape index (κ1) is 23.5. The maximum absolute atomic E-state index is 12.6. The fraction of sp³-hybridized carbons (Fsp3) is 0.731. The highest BCUT2D eigenvalue weighted by atomic mass is 16.9. The van der Waals surface area contributed by atoms with Crippen molar-refractivity contribution in [2.24, 2.45) is 11.3 Å². The number of carbonyl (C=O) groups excluding carboxylic acids is 1. The Kier molecular flexibility index (Phi) is 4.49. The number of methoxy groups -OCH3 is 2. The van der Waals surface area contributed by atoms with Crippen molar-refractivity contribution in [1.29, 1.82) is 0 Å². The van der Waals surface area contributed by atoms with Crippen molar-refractivity contribution in [3.05, 3.63) is 22.3 Å². The molecule has 9 nitrogen and oxygen atoms in total. The summed E-state index contributed by atoms with van der Waals surface area (Å²) in [7, 11) is 2.99. The third kappa shape index (κ3) is 2.44. The number of benzene rings is 1. The molecule has 0 radical (unpaired) electrons. The number of cyclic esters (lactones) is 1. The molecular weight excluding hydrogens is 456 g/mol. The minimum atomic E-state index is -1.65. The third-order valence-electron chi connectivity index (χ3n) is 9.70. The Morgan fingerprint density at radius 3 is 2.37 bits per heavy atom. The zero-order valence-electron chi connectivity index (χ0n) is 21.3. The molecule has 7 atom stereocenters. The van der Waals surface area contributed by atoms with Gasteiger partial charge in [0.1, 0.15) is 46.6 Å². The van der Waals surface area contributed by atoms with Crippen LogP contribution in [0.25, 0.3) is 0 Å². The number of ether oxygens (including phenoxy) is 6. The molecule has 1 aromatic carbocycles. The smallest absolute Gasteiger partial charge is 0.342 e. The molecule has 0 unspecified atom stereocenters. The predicted octanol–water partition coefficient (Wildman–Crippen LogP) is 2.38. The molecule has 192 valence electrons. The van der Waals surface area contributed by atoms with Gasteiger partial charge in [-0.3, -0.25) is 0 Å². The van der Waals surface area contributed by atoms with Crippen LogP contribution in [0.2, 0.25) is 0 Å². The number of aliphatic hydroxyl groups is 2. The zero-order chi connectivity index (χ0) is 25.3. The summed E-state index contributed by atoms with van der Waals surface area (Å²) in [5, 5.41) is 23.0. The summed E-state index contributed by atoms with van der Waals surface area (Å²) >= 11 is 0. The van der Waals surface area contributed by atoms with E-state index in [9.17, 15) is 15.0 Å². The van der Waals surface area contributed by atoms with Crippen molar-refractivity contribution in [3.8, 4) is 11.5 Å². The first-order chi connectivity index (χ1) is 16.3. The van der Waals surface area contributed by atoms with Gasteiger partial charge in [0.2, 0.25) is 0 Å². The average molecular weight is 491 g/mol. The molecule has 0 amide bonds. The van der Waals surface area contributed by atoms with Crippen LogP contribution >= 0.6 is 0 Å². The van der Waals surface area contributed by atoms with Gasteiger partial charge in [-0.15, -0.1) is 0 Å². The van der Waals surface area contributed by atoms with Crippen molar-refractivity contribution in [1.82, 2.24) is 0 Å². The number of aliphatic hydroxyl groups excluding tert-OH is 2. The van der Waals surface area contributed by atoms with Crippen LogP contribution in [0.1, 0.15) is 67.6 Å². The summed E-state index contributed by atoms with van der Waals surface area (Å²) in [6.07, 6.45) is -0.954. The first-order valence-electron chi connectivity index (χ1n) is 12.2. The first-order valence-corrected chi connectivity index (χ1v) is 12.2. The molecule has 2 bridgehead atoms. The van der Waals surface area contributed by atoms with E-state index in [4.69, 9.17) is 28.4 Å². The van der Waals surface area contributed by atoms with E-state index in [1.54, 1.807) is 7.11 Å². The van der Waals surface area contributed by atoms with Gasteiger partial charge in [0.05, 0.1) is 13.2 Å². The Labute approximate surface area is 204 Å². The fourth-order valence-electron chi connectivity index (χ4n) is 8.32. The van der Waals surface area contributed by atoms with Crippen LogP contribution in [-0.2, 0) is 32.0 Å². The summed E-state index contributed by atoms with van der Waals surface area (Å²) in [5.41, 5.74) is -0.813. The van der Waals surface area contributed by atoms with Crippen molar-refractivity contribution in [2.45, 2.75) is 95.5 Å². The maximum Gasteiger partial charge on any atom is 0.342 e. The van der Waals surface area contributed by atoms with Gasteiger partial charge < -0.3 is 38.6 Å². The van der Waals surface area contributed by atoms with Crippen molar-refractivity contribution >= 4 is 5.97 Å². The molecule has 4 aliphatic heterocycles. The lowest BCUT2D eigenvalue weighted by molar-refractivity contribution is -0.423. The van der Waals surface area contributed by atoms with Gasteiger partial charge in [-0.1, -0.05) is 6.92 Å². The molecule has 0 aromatic heterocycles. The maximum atomic E-state index is 12.6. The Morgan fingerprint density at radius 2 is 1.71 bits per heavy atom. The third-order valence-corrected chi connectivity index (χ3v) is 9.70. The SMILES string of the molecule is COc1c2c(c(C)c3c1C(=O)OC3)O[C@]1(C)C[C@@H](O)[C@@]34O[C@@](OC)(OC3(C)C)[C@@H](O)C[C@@]4(C)[C@@H]1C2. The molecule has 3 fully saturated rings. The van der Waals surface area contributed by atoms with Gasteiger partial charge in [0.15, 0.2) is 0 Å². The van der Waals surface area contributed by atoms with Crippen LogP contribution < -0.4 is 9.47 Å². The lowest BCUT2D eigenvalue weighted by atomic mass is 9.45. The summed E-state index contributed by atoms with van der Waals surface area (Å²) in [5.74, 6) is -1.11. The van der Waals surface area contributed by atoms with Crippen LogP contribution in [-0.4, -0.2) is 65.4 Å². The molecular formula is C26H34O9. The van der Waals surface area contributed by atoms with Crippen LogP contribution in [0.4, 0.5) is 0 Å². The molecule has 4 heterocycles. The molecule has 5 aliphatic rings. The van der Waals surface area contributed by atoms with E-state index >= 15 is 0 Å². The Morgan fingerprint density at radius 1 is 1.00 bits per heavy atom. The summed E-state index contributed by atoms with van der Waals surface area (Å²) in [6, 6.07) is 0. The molecule has 1 spiro atoms. The average Bonchev–Trinajstić information content (AvgIpc) is 3.27. The van der Waals surface area contributed by atoms with E-state index in [2.05, 4.69) is 0 Å². The summed E-state index contributed by atoms with van der Waals surface area (Å²) in [6.45, 7) is 9.91. The van der Waals surface area contributed by atoms with E-state index in [0.717, 1.165) is 16.7 Å². The van der Waals surface area contributed by atoms with Gasteiger partial charge in [0.25, 0.3) is 0 Å². The molecule has 1 aliphatic carbocycles. The van der Waals surface area contributed by atoms with Crippen LogP contribution in [0, 0.1) is 18.3 Å². The summed E-state index contributed by atoms with van der Waals surface area (Å²) in [4.78, 5) is 12.6. The van der Waals surface area contributed by atoms with Gasteiger partial charge in [0, 0.05) is 36.0 Å². The Hall–Kier alpha value is -1.91. The Bertz CT molecular complexity index is 1150. The van der Waals surface area contributed by atoms with Gasteiger partial charge in [-0.2, -0.15) is 0 Å². The highest BCUT2D eigenvalue weighted by Crippen LogP contribution is 2.70. The fourth-order valence-corrected chi connectivity index (χ4v) is 8.32. The molecule has 2 saturated heterocycles. The van der Waals surface area contributed by atoms with Crippen molar-refractivity contribution in [3.63, 3.8) is 0 Å². The monoisotopic (exact) mass is 490 g/mol. The molecule has 1 aromatic rings. The van der Waals surface area contributed by atoms with E-state index in [0.29, 0.717) is 29.9 Å². The molecule has 9 heteroatoms. The van der Waals surface area contributed by atoms with E-state index in [-0.39, 0.29) is 18.9 Å². The second kappa shape index (κ2) is 6.69. The van der Waals surface area contributed by atoms with Crippen molar-refractivity contribution < 1.29 is 43.4 Å². The van der Waals surface area contributed by atoms with E-state index in [1.807, 2.05) is 34.6 Å².